The van der Waals surface area contributed by atoms with Crippen molar-refractivity contribution in [1.29, 1.82) is 0 Å². The maximum absolute atomic E-state index is 6.09. The SMILES string of the molecule is COc1cccc(-n2ncc3c(NN=Cc4c(Cl)cncc4Cl)ncnc32)c1. The summed E-state index contributed by atoms with van der Waals surface area (Å²) in [5, 5.41) is 10.1. The van der Waals surface area contributed by atoms with Crippen molar-refractivity contribution in [3.63, 3.8) is 0 Å². The molecule has 140 valence electrons. The quantitative estimate of drug-likeness (QED) is 0.393. The van der Waals surface area contributed by atoms with Gasteiger partial charge in [-0.1, -0.05) is 29.3 Å². The molecule has 0 amide bonds. The average molecular weight is 414 g/mol. The lowest BCUT2D eigenvalue weighted by atomic mass is 10.3. The zero-order chi connectivity index (χ0) is 19.5. The Hall–Kier alpha value is -3.23. The first kappa shape index (κ1) is 18.1. The smallest absolute Gasteiger partial charge is 0.168 e. The number of pyridine rings is 1. The van der Waals surface area contributed by atoms with Crippen LogP contribution in [0.2, 0.25) is 10.0 Å². The van der Waals surface area contributed by atoms with Crippen LogP contribution in [0, 0.1) is 0 Å². The summed E-state index contributed by atoms with van der Waals surface area (Å²) in [6.07, 6.45) is 7.60. The lowest BCUT2D eigenvalue weighted by molar-refractivity contribution is 0.414. The Labute approximate surface area is 169 Å². The Bertz CT molecular complexity index is 1160. The van der Waals surface area contributed by atoms with Crippen molar-refractivity contribution >= 4 is 46.3 Å². The molecule has 0 saturated carbocycles. The van der Waals surface area contributed by atoms with Crippen LogP contribution in [0.5, 0.6) is 5.75 Å². The number of hydrogen-bond donors (Lipinski definition) is 1. The molecule has 3 heterocycles. The highest BCUT2D eigenvalue weighted by Gasteiger charge is 2.11. The molecule has 0 unspecified atom stereocenters. The predicted molar refractivity (Wildman–Crippen MR) is 109 cm³/mol. The lowest BCUT2D eigenvalue weighted by Gasteiger charge is -2.06. The summed E-state index contributed by atoms with van der Waals surface area (Å²) in [7, 11) is 1.61. The molecular weight excluding hydrogens is 401 g/mol. The van der Waals surface area contributed by atoms with Crippen molar-refractivity contribution in [1.82, 2.24) is 24.7 Å². The fourth-order valence-corrected chi connectivity index (χ4v) is 3.03. The lowest BCUT2D eigenvalue weighted by Crippen LogP contribution is -2.00. The predicted octanol–water partition coefficient (Wildman–Crippen LogP) is 3.97. The van der Waals surface area contributed by atoms with Gasteiger partial charge in [-0.2, -0.15) is 10.2 Å². The monoisotopic (exact) mass is 413 g/mol. The van der Waals surface area contributed by atoms with Gasteiger partial charge in [-0.3, -0.25) is 10.4 Å². The Morgan fingerprint density at radius 3 is 2.75 bits per heavy atom. The van der Waals surface area contributed by atoms with Crippen LogP contribution in [0.25, 0.3) is 16.7 Å². The molecule has 0 radical (unpaired) electrons. The van der Waals surface area contributed by atoms with E-state index in [-0.39, 0.29) is 0 Å². The van der Waals surface area contributed by atoms with Crippen molar-refractivity contribution in [3.8, 4) is 11.4 Å². The van der Waals surface area contributed by atoms with Crippen LogP contribution in [-0.2, 0) is 0 Å². The van der Waals surface area contributed by atoms with Crippen molar-refractivity contribution in [2.75, 3.05) is 12.5 Å². The maximum atomic E-state index is 6.09. The topological polar surface area (TPSA) is 90.1 Å². The van der Waals surface area contributed by atoms with Gasteiger partial charge in [-0.05, 0) is 12.1 Å². The number of benzene rings is 1. The molecule has 0 aliphatic carbocycles. The number of methoxy groups -OCH3 is 1. The van der Waals surface area contributed by atoms with E-state index in [0.29, 0.717) is 32.5 Å². The van der Waals surface area contributed by atoms with Gasteiger partial charge in [-0.15, -0.1) is 0 Å². The molecule has 28 heavy (non-hydrogen) atoms. The van der Waals surface area contributed by atoms with E-state index in [1.54, 1.807) is 18.0 Å². The molecule has 0 spiro atoms. The molecule has 0 atom stereocenters. The highest BCUT2D eigenvalue weighted by Crippen LogP contribution is 2.24. The summed E-state index contributed by atoms with van der Waals surface area (Å²) in [4.78, 5) is 12.5. The van der Waals surface area contributed by atoms with Crippen LogP contribution in [-0.4, -0.2) is 38.1 Å². The van der Waals surface area contributed by atoms with Crippen LogP contribution in [0.1, 0.15) is 5.56 Å². The third kappa shape index (κ3) is 3.47. The Morgan fingerprint density at radius 1 is 1.14 bits per heavy atom. The van der Waals surface area contributed by atoms with Crippen LogP contribution in [0.4, 0.5) is 5.82 Å². The first-order valence-electron chi connectivity index (χ1n) is 8.08. The van der Waals surface area contributed by atoms with Crippen molar-refractivity contribution in [3.05, 3.63) is 64.8 Å². The zero-order valence-electron chi connectivity index (χ0n) is 14.5. The minimum atomic E-state index is 0.400. The van der Waals surface area contributed by atoms with Crippen LogP contribution in [0.15, 0.2) is 54.3 Å². The largest absolute Gasteiger partial charge is 0.497 e. The highest BCUT2D eigenvalue weighted by molar-refractivity contribution is 6.38. The number of hydrazone groups is 1. The van der Waals surface area contributed by atoms with Gasteiger partial charge in [-0.25, -0.2) is 14.6 Å². The summed E-state index contributed by atoms with van der Waals surface area (Å²) in [6, 6.07) is 7.53. The van der Waals surface area contributed by atoms with E-state index in [9.17, 15) is 0 Å². The summed E-state index contributed by atoms with van der Waals surface area (Å²) in [5.41, 5.74) is 4.88. The van der Waals surface area contributed by atoms with Crippen LogP contribution < -0.4 is 10.2 Å². The number of fused-ring (bicyclic) bond motifs is 1. The van der Waals surface area contributed by atoms with Crippen molar-refractivity contribution in [2.45, 2.75) is 0 Å². The fourth-order valence-electron chi connectivity index (χ4n) is 2.57. The number of anilines is 1. The molecule has 1 N–H and O–H groups in total. The molecule has 4 rings (SSSR count). The van der Waals surface area contributed by atoms with Crippen molar-refractivity contribution < 1.29 is 4.74 Å². The van der Waals surface area contributed by atoms with Gasteiger partial charge in [0.2, 0.25) is 0 Å². The average Bonchev–Trinajstić information content (AvgIpc) is 3.15. The van der Waals surface area contributed by atoms with Crippen LogP contribution in [0.3, 0.4) is 0 Å². The normalized spacial score (nSPS) is 11.2. The van der Waals surface area contributed by atoms with E-state index < -0.39 is 0 Å². The van der Waals surface area contributed by atoms with Gasteiger partial charge >= 0.3 is 0 Å². The molecule has 10 heteroatoms. The molecule has 1 aromatic carbocycles. The van der Waals surface area contributed by atoms with E-state index in [2.05, 4.69) is 30.6 Å². The molecule has 0 saturated heterocycles. The number of nitrogens with one attached hydrogen (secondary N) is 1. The summed E-state index contributed by atoms with van der Waals surface area (Å²) >= 11 is 12.2. The number of halogens is 2. The second-order valence-electron chi connectivity index (χ2n) is 5.60. The number of nitrogens with zero attached hydrogens (tertiary/aromatic N) is 6. The van der Waals surface area contributed by atoms with Gasteiger partial charge in [0.05, 0.1) is 40.6 Å². The summed E-state index contributed by atoms with van der Waals surface area (Å²) in [5.74, 6) is 1.22. The molecule has 4 aromatic rings. The molecule has 0 fully saturated rings. The second-order valence-corrected chi connectivity index (χ2v) is 6.42. The molecule has 0 bridgehead atoms. The Morgan fingerprint density at radius 2 is 1.96 bits per heavy atom. The number of aromatic nitrogens is 5. The van der Waals surface area contributed by atoms with E-state index >= 15 is 0 Å². The Balaban J connectivity index is 1.66. The first-order valence-corrected chi connectivity index (χ1v) is 8.84. The number of rotatable bonds is 5. The summed E-state index contributed by atoms with van der Waals surface area (Å²) in [6.45, 7) is 0. The van der Waals surface area contributed by atoms with Gasteiger partial charge in [0.1, 0.15) is 12.1 Å². The third-order valence-corrected chi connectivity index (χ3v) is 4.52. The van der Waals surface area contributed by atoms with E-state index in [0.717, 1.165) is 11.4 Å². The van der Waals surface area contributed by atoms with Gasteiger partial charge < -0.3 is 4.74 Å². The van der Waals surface area contributed by atoms with Gasteiger partial charge in [0, 0.05) is 24.0 Å². The zero-order valence-corrected chi connectivity index (χ0v) is 16.1. The van der Waals surface area contributed by atoms with E-state index in [1.807, 2.05) is 24.3 Å². The molecule has 0 aliphatic heterocycles. The van der Waals surface area contributed by atoms with Crippen molar-refractivity contribution in [2.24, 2.45) is 5.10 Å². The number of ether oxygens (including phenoxy) is 1. The minimum Gasteiger partial charge on any atom is -0.497 e. The van der Waals surface area contributed by atoms with Crippen LogP contribution >= 0.6 is 23.2 Å². The summed E-state index contributed by atoms with van der Waals surface area (Å²) < 4.78 is 6.97. The Kier molecular flexibility index (Phi) is 5.05. The number of hydrogen-bond acceptors (Lipinski definition) is 7. The fraction of sp³-hybridized carbons (Fsp3) is 0.0556. The standard InChI is InChI=1S/C18H13Cl2N7O/c1-28-12-4-2-3-11(5-12)27-18-14(7-25-27)17(22-10-23-18)26-24-6-13-15(19)8-21-9-16(13)20/h2-10H,1H3,(H,22,23,26). The van der Waals surface area contributed by atoms with Gasteiger partial charge in [0.15, 0.2) is 11.5 Å². The van der Waals surface area contributed by atoms with E-state index in [4.69, 9.17) is 27.9 Å². The molecule has 3 aromatic heterocycles. The first-order chi connectivity index (χ1) is 13.7. The molecule has 8 nitrogen and oxygen atoms in total. The third-order valence-electron chi connectivity index (χ3n) is 3.92. The highest BCUT2D eigenvalue weighted by atomic mass is 35.5. The molecular formula is C18H13Cl2N7O. The second kappa shape index (κ2) is 7.79. The minimum absolute atomic E-state index is 0.400. The van der Waals surface area contributed by atoms with Gasteiger partial charge in [0.25, 0.3) is 0 Å². The maximum Gasteiger partial charge on any atom is 0.168 e. The molecule has 0 aliphatic rings. The van der Waals surface area contributed by atoms with E-state index in [1.165, 1.54) is 24.9 Å².